The van der Waals surface area contributed by atoms with Crippen LogP contribution in [0.4, 0.5) is 0 Å². The average molecular weight is 899 g/mol. The fourth-order valence-electron chi connectivity index (χ4n) is 12.0. The van der Waals surface area contributed by atoms with Crippen LogP contribution in [0.2, 0.25) is 0 Å². The van der Waals surface area contributed by atoms with Gasteiger partial charge in [-0.1, -0.05) is 147 Å². The number of furan rings is 1. The zero-order valence-electron chi connectivity index (χ0n) is 37.4. The molecule has 0 saturated carbocycles. The Labute approximate surface area is 396 Å². The number of rotatable bonds is 5. The topological polar surface area (TPSA) is 30.4 Å². The second kappa shape index (κ2) is 15.2. The number of thiophene rings is 2. The van der Waals surface area contributed by atoms with Gasteiger partial charge < -0.3 is 8.98 Å². The van der Waals surface area contributed by atoms with Crippen molar-refractivity contribution in [3.8, 4) is 5.69 Å². The molecule has 0 saturated heterocycles. The van der Waals surface area contributed by atoms with Gasteiger partial charge in [-0.15, -0.1) is 22.7 Å². The van der Waals surface area contributed by atoms with E-state index < -0.39 is 0 Å². The molecule has 0 radical (unpaired) electrons. The molecule has 322 valence electrons. The van der Waals surface area contributed by atoms with Crippen LogP contribution in [0.15, 0.2) is 191 Å². The van der Waals surface area contributed by atoms with Crippen molar-refractivity contribution in [1.29, 1.82) is 0 Å². The van der Waals surface area contributed by atoms with Crippen LogP contribution in [-0.2, 0) is 0 Å². The number of hydrogen-bond donors (Lipinski definition) is 0. The summed E-state index contributed by atoms with van der Waals surface area (Å²) in [6.45, 7) is 4.86. The van der Waals surface area contributed by atoms with Crippen LogP contribution in [0.3, 0.4) is 0 Å². The summed E-state index contributed by atoms with van der Waals surface area (Å²) < 4.78 is 14.8. The number of aromatic nitrogens is 1. The highest BCUT2D eigenvalue weighted by atomic mass is 32.1. The lowest BCUT2D eigenvalue weighted by Gasteiger charge is -2.35. The average Bonchev–Trinajstić information content (AvgIpc) is 4.13. The maximum absolute atomic E-state index is 6.94. The van der Waals surface area contributed by atoms with Crippen molar-refractivity contribution in [1.82, 2.24) is 4.57 Å². The number of aliphatic imine (C=N–C) groups is 1. The lowest BCUT2D eigenvalue weighted by Crippen LogP contribution is -2.28. The summed E-state index contributed by atoms with van der Waals surface area (Å²) in [5, 5.41) is 12.7. The van der Waals surface area contributed by atoms with Gasteiger partial charge in [-0.3, -0.25) is 4.99 Å². The Bertz CT molecular complexity index is 4160. The molecule has 0 spiro atoms. The van der Waals surface area contributed by atoms with E-state index in [1.165, 1.54) is 101 Å². The van der Waals surface area contributed by atoms with Gasteiger partial charge in [-0.2, -0.15) is 0 Å². The molecule has 0 N–H and O–H groups in total. The summed E-state index contributed by atoms with van der Waals surface area (Å²) in [6, 6.07) is 67.5. The van der Waals surface area contributed by atoms with Crippen LogP contribution < -0.4 is 0 Å². The van der Waals surface area contributed by atoms with Crippen molar-refractivity contribution in [3.63, 3.8) is 0 Å². The second-order valence-corrected chi connectivity index (χ2v) is 20.9. The van der Waals surface area contributed by atoms with Gasteiger partial charge in [0.1, 0.15) is 11.2 Å². The number of benzene rings is 9. The zero-order valence-corrected chi connectivity index (χ0v) is 39.0. The minimum Gasteiger partial charge on any atom is -0.456 e. The molecule has 0 bridgehead atoms. The highest BCUT2D eigenvalue weighted by molar-refractivity contribution is 7.26. The quantitative estimate of drug-likeness (QED) is 0.169. The highest BCUT2D eigenvalue weighted by Crippen LogP contribution is 2.50. The summed E-state index contributed by atoms with van der Waals surface area (Å²) in [7, 11) is 0. The van der Waals surface area contributed by atoms with E-state index in [-0.39, 0.29) is 17.9 Å². The Morgan fingerprint density at radius 3 is 1.97 bits per heavy atom. The first-order chi connectivity index (χ1) is 33.1. The first-order valence-corrected chi connectivity index (χ1v) is 25.5. The maximum atomic E-state index is 6.94. The fourth-order valence-corrected chi connectivity index (χ4v) is 14.5. The van der Waals surface area contributed by atoms with E-state index in [1.54, 1.807) is 0 Å². The van der Waals surface area contributed by atoms with Crippen LogP contribution >= 0.6 is 22.7 Å². The molecular formula is C62H46N2OS2. The molecule has 3 nitrogen and oxygen atoms in total. The molecule has 4 aromatic heterocycles. The van der Waals surface area contributed by atoms with Crippen molar-refractivity contribution in [2.45, 2.75) is 45.1 Å². The Morgan fingerprint density at radius 2 is 1.18 bits per heavy atom. The zero-order chi connectivity index (χ0) is 44.3. The summed E-state index contributed by atoms with van der Waals surface area (Å²) in [5.74, 6) is 0.710. The van der Waals surface area contributed by atoms with Gasteiger partial charge in [0.15, 0.2) is 0 Å². The van der Waals surface area contributed by atoms with Crippen molar-refractivity contribution >= 4 is 123 Å². The minimum atomic E-state index is -0.132. The van der Waals surface area contributed by atoms with Crippen molar-refractivity contribution < 1.29 is 4.42 Å². The third-order valence-electron chi connectivity index (χ3n) is 15.2. The van der Waals surface area contributed by atoms with Crippen LogP contribution in [0.5, 0.6) is 0 Å². The van der Waals surface area contributed by atoms with Gasteiger partial charge in [0, 0.05) is 85.1 Å². The summed E-state index contributed by atoms with van der Waals surface area (Å²) in [5.41, 5.74) is 10.5. The molecule has 0 fully saturated rings. The Balaban J connectivity index is 1.06. The predicted octanol–water partition coefficient (Wildman–Crippen LogP) is 18.3. The van der Waals surface area contributed by atoms with Crippen molar-refractivity contribution in [2.24, 2.45) is 16.8 Å². The molecule has 9 aromatic carbocycles. The van der Waals surface area contributed by atoms with Gasteiger partial charge in [0.05, 0.1) is 22.8 Å². The summed E-state index contributed by atoms with van der Waals surface area (Å²) in [4.78, 5) is 6.33. The lowest BCUT2D eigenvalue weighted by atomic mass is 9.73. The fraction of sp³-hybridized carbons (Fsp3) is 0.145. The molecule has 67 heavy (non-hydrogen) atoms. The van der Waals surface area contributed by atoms with E-state index in [2.05, 4.69) is 200 Å². The molecule has 0 amide bonds. The summed E-state index contributed by atoms with van der Waals surface area (Å²) in [6.07, 6.45) is 3.09. The molecule has 1 aliphatic heterocycles. The molecule has 4 unspecified atom stereocenters. The van der Waals surface area contributed by atoms with Crippen LogP contribution in [0, 0.1) is 11.8 Å². The molecule has 13 aromatic rings. The number of hydrogen-bond acceptors (Lipinski definition) is 4. The monoisotopic (exact) mass is 898 g/mol. The SMILES string of the molecule is CCC1/C(c2cccc3c2sc2ccccc23)=N\C(c2cc(-n3c4ccccc4c4cc5ccccc5cc43)cc3oc4ccccc4c23)C(C)CCC1c1cccc2c1sc1ccccc12. The van der Waals surface area contributed by atoms with Gasteiger partial charge in [-0.05, 0) is 95.5 Å². The normalized spacial score (nSPS) is 19.1. The third kappa shape index (κ3) is 5.97. The van der Waals surface area contributed by atoms with E-state index >= 15 is 0 Å². The first kappa shape index (κ1) is 39.1. The largest absolute Gasteiger partial charge is 0.456 e. The Morgan fingerprint density at radius 1 is 0.537 bits per heavy atom. The molecular weight excluding hydrogens is 853 g/mol. The molecule has 5 heterocycles. The van der Waals surface area contributed by atoms with E-state index in [0.29, 0.717) is 5.92 Å². The van der Waals surface area contributed by atoms with Crippen molar-refractivity contribution in [3.05, 3.63) is 199 Å². The van der Waals surface area contributed by atoms with Gasteiger partial charge in [0.2, 0.25) is 0 Å². The Hall–Kier alpha value is -7.05. The van der Waals surface area contributed by atoms with E-state index in [0.717, 1.165) is 41.5 Å². The highest BCUT2D eigenvalue weighted by Gasteiger charge is 2.36. The Kier molecular flexibility index (Phi) is 8.91. The smallest absolute Gasteiger partial charge is 0.137 e. The first-order valence-electron chi connectivity index (χ1n) is 23.9. The van der Waals surface area contributed by atoms with Crippen molar-refractivity contribution in [2.75, 3.05) is 0 Å². The van der Waals surface area contributed by atoms with Crippen LogP contribution in [-0.4, -0.2) is 10.3 Å². The lowest BCUT2D eigenvalue weighted by molar-refractivity contribution is 0.364. The van der Waals surface area contributed by atoms with E-state index in [9.17, 15) is 0 Å². The van der Waals surface area contributed by atoms with Gasteiger partial charge in [0.25, 0.3) is 0 Å². The third-order valence-corrected chi connectivity index (χ3v) is 17.6. The predicted molar refractivity (Wildman–Crippen MR) is 288 cm³/mol. The summed E-state index contributed by atoms with van der Waals surface area (Å²) >= 11 is 3.88. The maximum Gasteiger partial charge on any atom is 0.137 e. The second-order valence-electron chi connectivity index (χ2n) is 18.8. The minimum absolute atomic E-state index is 0.132. The molecule has 1 aliphatic rings. The molecule has 5 heteroatoms. The van der Waals surface area contributed by atoms with E-state index in [4.69, 9.17) is 9.41 Å². The number of nitrogens with zero attached hydrogens (tertiary/aromatic N) is 2. The van der Waals surface area contributed by atoms with Crippen LogP contribution in [0.1, 0.15) is 61.8 Å². The molecule has 4 atom stereocenters. The van der Waals surface area contributed by atoms with Crippen LogP contribution in [0.25, 0.3) is 101 Å². The van der Waals surface area contributed by atoms with Gasteiger partial charge in [-0.25, -0.2) is 0 Å². The van der Waals surface area contributed by atoms with Gasteiger partial charge >= 0.3 is 0 Å². The molecule has 14 rings (SSSR count). The number of fused-ring (bicyclic) bond motifs is 13. The molecule has 0 aliphatic carbocycles. The number of para-hydroxylation sites is 2. The van der Waals surface area contributed by atoms with E-state index in [1.807, 2.05) is 22.7 Å². The standard InChI is InChI=1S/C62H46N2OS2/c1-3-40-41(45-22-14-23-46-43-19-8-12-28-56(43)66-61(45)46)31-30-36(2)59(63-60(40)49-25-15-24-47-44-20-9-13-29-57(44)67-62(47)49)51-34-39(35-55-58(51)48-21-7-11-27-54(48)65-55)64-52-26-10-6-18-42(52)50-32-37-16-4-5-17-38(37)33-53(50)64/h4-29,32-36,40-41,59H,3,30-31H2,1-2H3/b63-60+.